The van der Waals surface area contributed by atoms with Gasteiger partial charge < -0.3 is 4.74 Å². The zero-order valence-electron chi connectivity index (χ0n) is 9.97. The van der Waals surface area contributed by atoms with E-state index in [9.17, 15) is 0 Å². The van der Waals surface area contributed by atoms with Gasteiger partial charge in [0, 0.05) is 11.5 Å². The van der Waals surface area contributed by atoms with Gasteiger partial charge in [0.25, 0.3) is 0 Å². The quantitative estimate of drug-likeness (QED) is 0.758. The number of fused-ring (bicyclic) bond motifs is 1. The molecule has 2 aromatic rings. The highest BCUT2D eigenvalue weighted by Crippen LogP contribution is 2.38. The molecule has 1 heterocycles. The van der Waals surface area contributed by atoms with Crippen LogP contribution in [0, 0.1) is 11.3 Å². The molecule has 2 heteroatoms. The van der Waals surface area contributed by atoms with Gasteiger partial charge in [0.1, 0.15) is 5.75 Å². The summed E-state index contributed by atoms with van der Waals surface area (Å²) in [6.45, 7) is 0.735. The second-order valence-electron chi connectivity index (χ2n) is 4.46. The maximum absolute atomic E-state index is 9.01. The SMILES string of the molecule is N#Cc1ccc2c(c1)C(c1ccccc1)CCO2. The molecule has 1 atom stereocenters. The summed E-state index contributed by atoms with van der Waals surface area (Å²) >= 11 is 0. The molecule has 1 unspecified atom stereocenters. The van der Waals surface area contributed by atoms with Crippen molar-refractivity contribution in [2.75, 3.05) is 6.61 Å². The van der Waals surface area contributed by atoms with Crippen LogP contribution in [0.5, 0.6) is 5.75 Å². The summed E-state index contributed by atoms with van der Waals surface area (Å²) in [6.07, 6.45) is 0.964. The summed E-state index contributed by atoms with van der Waals surface area (Å²) in [5.74, 6) is 1.25. The smallest absolute Gasteiger partial charge is 0.123 e. The summed E-state index contributed by atoms with van der Waals surface area (Å²) in [7, 11) is 0. The molecule has 0 saturated carbocycles. The molecule has 0 fully saturated rings. The summed E-state index contributed by atoms with van der Waals surface area (Å²) in [4.78, 5) is 0. The van der Waals surface area contributed by atoms with E-state index >= 15 is 0 Å². The van der Waals surface area contributed by atoms with Crippen LogP contribution in [0.1, 0.15) is 29.0 Å². The van der Waals surface area contributed by atoms with Crippen molar-refractivity contribution in [2.45, 2.75) is 12.3 Å². The Morgan fingerprint density at radius 2 is 1.94 bits per heavy atom. The van der Waals surface area contributed by atoms with Crippen LogP contribution in [0.2, 0.25) is 0 Å². The monoisotopic (exact) mass is 235 g/mol. The van der Waals surface area contributed by atoms with Crippen molar-refractivity contribution in [2.24, 2.45) is 0 Å². The van der Waals surface area contributed by atoms with Crippen LogP contribution in [0.3, 0.4) is 0 Å². The molecule has 0 spiro atoms. The average molecular weight is 235 g/mol. The second kappa shape index (κ2) is 4.54. The third-order valence-corrected chi connectivity index (χ3v) is 3.38. The molecule has 0 bridgehead atoms. The first-order valence-corrected chi connectivity index (χ1v) is 6.10. The molecule has 18 heavy (non-hydrogen) atoms. The van der Waals surface area contributed by atoms with E-state index in [4.69, 9.17) is 10.00 Å². The zero-order chi connectivity index (χ0) is 12.4. The summed E-state index contributed by atoms with van der Waals surface area (Å²) in [5.41, 5.74) is 3.11. The van der Waals surface area contributed by atoms with Crippen LogP contribution in [0.25, 0.3) is 0 Å². The standard InChI is InChI=1S/C16H13NO/c17-11-12-6-7-16-15(10-12)14(8-9-18-16)13-4-2-1-3-5-13/h1-7,10,14H,8-9H2. The Morgan fingerprint density at radius 3 is 2.72 bits per heavy atom. The average Bonchev–Trinajstić information content (AvgIpc) is 2.47. The summed E-state index contributed by atoms with van der Waals surface area (Å²) < 4.78 is 5.67. The first kappa shape index (κ1) is 10.9. The molecule has 0 amide bonds. The lowest BCUT2D eigenvalue weighted by Crippen LogP contribution is -2.15. The zero-order valence-corrected chi connectivity index (χ0v) is 9.97. The number of hydrogen-bond donors (Lipinski definition) is 0. The van der Waals surface area contributed by atoms with Crippen LogP contribution >= 0.6 is 0 Å². The lowest BCUT2D eigenvalue weighted by Gasteiger charge is -2.26. The number of rotatable bonds is 1. The van der Waals surface area contributed by atoms with E-state index in [1.807, 2.05) is 24.3 Å². The molecule has 0 aliphatic carbocycles. The molecule has 1 aliphatic rings. The van der Waals surface area contributed by atoms with Crippen molar-refractivity contribution in [1.82, 2.24) is 0 Å². The number of nitriles is 1. The van der Waals surface area contributed by atoms with Gasteiger partial charge in [0.15, 0.2) is 0 Å². The molecule has 1 aliphatic heterocycles. The number of hydrogen-bond acceptors (Lipinski definition) is 2. The first-order valence-electron chi connectivity index (χ1n) is 6.10. The van der Waals surface area contributed by atoms with Crippen LogP contribution in [-0.4, -0.2) is 6.61 Å². The molecule has 88 valence electrons. The Hall–Kier alpha value is -2.27. The highest BCUT2D eigenvalue weighted by molar-refractivity contribution is 5.48. The highest BCUT2D eigenvalue weighted by atomic mass is 16.5. The van der Waals surface area contributed by atoms with E-state index in [-0.39, 0.29) is 0 Å². The topological polar surface area (TPSA) is 33.0 Å². The second-order valence-corrected chi connectivity index (χ2v) is 4.46. The van der Waals surface area contributed by atoms with Crippen LogP contribution in [-0.2, 0) is 0 Å². The molecule has 3 rings (SSSR count). The fourth-order valence-electron chi connectivity index (χ4n) is 2.50. The lowest BCUT2D eigenvalue weighted by atomic mass is 9.86. The van der Waals surface area contributed by atoms with Gasteiger partial charge in [-0.2, -0.15) is 5.26 Å². The largest absolute Gasteiger partial charge is 0.493 e. The van der Waals surface area contributed by atoms with Gasteiger partial charge in [-0.25, -0.2) is 0 Å². The van der Waals surface area contributed by atoms with Gasteiger partial charge in [0.2, 0.25) is 0 Å². The Labute approximate surface area is 106 Å². The van der Waals surface area contributed by atoms with Crippen molar-refractivity contribution in [1.29, 1.82) is 5.26 Å². The lowest BCUT2D eigenvalue weighted by molar-refractivity contribution is 0.277. The van der Waals surface area contributed by atoms with Crippen molar-refractivity contribution in [3.05, 3.63) is 65.2 Å². The van der Waals surface area contributed by atoms with E-state index in [0.29, 0.717) is 11.5 Å². The van der Waals surface area contributed by atoms with Crippen LogP contribution in [0.15, 0.2) is 48.5 Å². The van der Waals surface area contributed by atoms with Crippen LogP contribution < -0.4 is 4.74 Å². The summed E-state index contributed by atoms with van der Waals surface area (Å²) in [5, 5.41) is 9.01. The minimum absolute atomic E-state index is 0.336. The third-order valence-electron chi connectivity index (χ3n) is 3.38. The van der Waals surface area contributed by atoms with E-state index in [1.54, 1.807) is 0 Å². The van der Waals surface area contributed by atoms with Crippen molar-refractivity contribution in [3.8, 4) is 11.8 Å². The predicted octanol–water partition coefficient (Wildman–Crippen LogP) is 3.47. The van der Waals surface area contributed by atoms with E-state index < -0.39 is 0 Å². The molecule has 0 radical (unpaired) electrons. The third kappa shape index (κ3) is 1.84. The van der Waals surface area contributed by atoms with Crippen molar-refractivity contribution >= 4 is 0 Å². The predicted molar refractivity (Wildman–Crippen MR) is 69.6 cm³/mol. The summed E-state index contributed by atoms with van der Waals surface area (Å²) in [6, 6.07) is 18.3. The Balaban J connectivity index is 2.09. The van der Waals surface area contributed by atoms with E-state index in [1.165, 1.54) is 5.56 Å². The number of nitrogens with zero attached hydrogens (tertiary/aromatic N) is 1. The molecule has 0 saturated heterocycles. The van der Waals surface area contributed by atoms with Gasteiger partial charge in [-0.3, -0.25) is 0 Å². The molecule has 0 N–H and O–H groups in total. The molecule has 2 nitrogen and oxygen atoms in total. The minimum Gasteiger partial charge on any atom is -0.493 e. The number of benzene rings is 2. The van der Waals surface area contributed by atoms with E-state index in [2.05, 4.69) is 30.3 Å². The van der Waals surface area contributed by atoms with Crippen LogP contribution in [0.4, 0.5) is 0 Å². The normalized spacial score (nSPS) is 17.4. The Morgan fingerprint density at radius 1 is 1.11 bits per heavy atom. The van der Waals surface area contributed by atoms with Crippen molar-refractivity contribution < 1.29 is 4.74 Å². The fourth-order valence-corrected chi connectivity index (χ4v) is 2.50. The molecular weight excluding hydrogens is 222 g/mol. The van der Waals surface area contributed by atoms with Gasteiger partial charge in [-0.1, -0.05) is 30.3 Å². The van der Waals surface area contributed by atoms with Gasteiger partial charge in [-0.15, -0.1) is 0 Å². The Kier molecular flexibility index (Phi) is 2.74. The first-order chi connectivity index (χ1) is 8.88. The van der Waals surface area contributed by atoms with Crippen molar-refractivity contribution in [3.63, 3.8) is 0 Å². The molecule has 2 aromatic carbocycles. The fraction of sp³-hybridized carbons (Fsp3) is 0.188. The maximum atomic E-state index is 9.01. The minimum atomic E-state index is 0.336. The molecule has 0 aromatic heterocycles. The maximum Gasteiger partial charge on any atom is 0.123 e. The van der Waals surface area contributed by atoms with E-state index in [0.717, 1.165) is 24.3 Å². The van der Waals surface area contributed by atoms with Gasteiger partial charge >= 0.3 is 0 Å². The Bertz CT molecular complexity index is 598. The number of ether oxygens (including phenoxy) is 1. The van der Waals surface area contributed by atoms with Gasteiger partial charge in [0.05, 0.1) is 18.2 Å². The molecular formula is C16H13NO. The van der Waals surface area contributed by atoms with Gasteiger partial charge in [-0.05, 0) is 30.2 Å². The highest BCUT2D eigenvalue weighted by Gasteiger charge is 2.23.